The Bertz CT molecular complexity index is 643. The fourth-order valence-electron chi connectivity index (χ4n) is 1.80. The molecule has 0 spiro atoms. The van der Waals surface area contributed by atoms with Gasteiger partial charge in [-0.25, -0.2) is 0 Å². The fraction of sp³-hybridized carbons (Fsp3) is 0.250. The molecule has 1 aromatic heterocycles. The van der Waals surface area contributed by atoms with Crippen molar-refractivity contribution in [1.82, 2.24) is 4.98 Å². The number of pyridine rings is 1. The highest BCUT2D eigenvalue weighted by Gasteiger charge is 2.15. The molecule has 0 bridgehead atoms. The summed E-state index contributed by atoms with van der Waals surface area (Å²) < 4.78 is 11.4. The van der Waals surface area contributed by atoms with E-state index in [0.717, 1.165) is 6.42 Å². The lowest BCUT2D eigenvalue weighted by atomic mass is 10.0. The monoisotopic (exact) mass is 349 g/mol. The third-order valence-corrected chi connectivity index (χ3v) is 3.56. The molecule has 1 aromatic carbocycles. The highest BCUT2D eigenvalue weighted by atomic mass is 79.9. The summed E-state index contributed by atoms with van der Waals surface area (Å²) in [6.07, 6.45) is 4.04. The van der Waals surface area contributed by atoms with Crippen LogP contribution in [0, 0.1) is 0 Å². The van der Waals surface area contributed by atoms with E-state index < -0.39 is 0 Å². The molecule has 0 aliphatic heterocycles. The standard InChI is InChI=1S/C16H16BrNO3/c1-3-6-21-13-7-11(9-18-10-13)16(19)14-8-12(20-2)4-5-15(14)17/h4-5,7-10H,3,6H2,1-2H3. The van der Waals surface area contributed by atoms with Gasteiger partial charge in [0.25, 0.3) is 0 Å². The van der Waals surface area contributed by atoms with E-state index in [4.69, 9.17) is 9.47 Å². The predicted octanol–water partition coefficient (Wildman–Crippen LogP) is 3.87. The molecule has 0 radical (unpaired) electrons. The van der Waals surface area contributed by atoms with Crippen LogP contribution >= 0.6 is 15.9 Å². The van der Waals surface area contributed by atoms with Crippen LogP contribution in [0.2, 0.25) is 0 Å². The van der Waals surface area contributed by atoms with Gasteiger partial charge in [-0.05, 0) is 30.7 Å². The van der Waals surface area contributed by atoms with Crippen molar-refractivity contribution in [2.45, 2.75) is 13.3 Å². The summed E-state index contributed by atoms with van der Waals surface area (Å²) in [5.74, 6) is 1.10. The molecule has 0 unspecified atom stereocenters. The van der Waals surface area contributed by atoms with Crippen molar-refractivity contribution in [1.29, 1.82) is 0 Å². The number of hydrogen-bond acceptors (Lipinski definition) is 4. The van der Waals surface area contributed by atoms with Crippen LogP contribution in [-0.4, -0.2) is 24.5 Å². The molecule has 110 valence electrons. The van der Waals surface area contributed by atoms with Gasteiger partial charge in [-0.1, -0.05) is 22.9 Å². The van der Waals surface area contributed by atoms with E-state index in [-0.39, 0.29) is 5.78 Å². The van der Waals surface area contributed by atoms with E-state index in [1.54, 1.807) is 37.6 Å². The van der Waals surface area contributed by atoms with Crippen LogP contribution in [0.4, 0.5) is 0 Å². The Morgan fingerprint density at radius 3 is 2.76 bits per heavy atom. The topological polar surface area (TPSA) is 48.4 Å². The van der Waals surface area contributed by atoms with Crippen molar-refractivity contribution in [2.75, 3.05) is 13.7 Å². The van der Waals surface area contributed by atoms with Gasteiger partial charge in [0.05, 0.1) is 19.9 Å². The van der Waals surface area contributed by atoms with Gasteiger partial charge >= 0.3 is 0 Å². The Kier molecular flexibility index (Phi) is 5.33. The first-order chi connectivity index (χ1) is 10.2. The zero-order chi connectivity index (χ0) is 15.2. The second-order valence-corrected chi connectivity index (χ2v) is 5.29. The van der Waals surface area contributed by atoms with Crippen molar-refractivity contribution in [2.24, 2.45) is 0 Å². The molecule has 0 N–H and O–H groups in total. The van der Waals surface area contributed by atoms with Gasteiger partial charge in [0.2, 0.25) is 0 Å². The van der Waals surface area contributed by atoms with E-state index in [0.29, 0.717) is 33.7 Å². The van der Waals surface area contributed by atoms with E-state index in [9.17, 15) is 4.79 Å². The molecule has 0 fully saturated rings. The summed E-state index contributed by atoms with van der Waals surface area (Å²) in [4.78, 5) is 16.6. The molecule has 4 nitrogen and oxygen atoms in total. The minimum Gasteiger partial charge on any atom is -0.497 e. The summed E-state index contributed by atoms with van der Waals surface area (Å²) in [6.45, 7) is 2.62. The molecule has 0 saturated heterocycles. The Labute approximate surface area is 132 Å². The first-order valence-corrected chi connectivity index (χ1v) is 7.41. The Balaban J connectivity index is 2.31. The van der Waals surface area contributed by atoms with Gasteiger partial charge in [0, 0.05) is 21.8 Å². The number of benzene rings is 1. The molecule has 2 rings (SSSR count). The molecule has 0 amide bonds. The normalized spacial score (nSPS) is 10.2. The van der Waals surface area contributed by atoms with Crippen LogP contribution in [0.25, 0.3) is 0 Å². The molecule has 5 heteroatoms. The molecule has 1 heterocycles. The van der Waals surface area contributed by atoms with Crippen molar-refractivity contribution >= 4 is 21.7 Å². The van der Waals surface area contributed by atoms with Gasteiger partial charge < -0.3 is 9.47 Å². The van der Waals surface area contributed by atoms with Gasteiger partial charge in [-0.15, -0.1) is 0 Å². The Morgan fingerprint density at radius 1 is 1.24 bits per heavy atom. The van der Waals surface area contributed by atoms with E-state index in [1.807, 2.05) is 6.92 Å². The number of halogens is 1. The Hall–Kier alpha value is -1.88. The maximum Gasteiger partial charge on any atom is 0.195 e. The molecule has 0 atom stereocenters. The maximum atomic E-state index is 12.6. The summed E-state index contributed by atoms with van der Waals surface area (Å²) in [5.41, 5.74) is 1.02. The number of carbonyl (C=O) groups excluding carboxylic acids is 1. The van der Waals surface area contributed by atoms with Crippen LogP contribution in [-0.2, 0) is 0 Å². The van der Waals surface area contributed by atoms with Crippen molar-refractivity contribution < 1.29 is 14.3 Å². The molecular weight excluding hydrogens is 334 g/mol. The average molecular weight is 350 g/mol. The lowest BCUT2D eigenvalue weighted by Crippen LogP contribution is -2.05. The number of nitrogens with zero attached hydrogens (tertiary/aromatic N) is 1. The van der Waals surface area contributed by atoms with Crippen molar-refractivity contribution in [3.8, 4) is 11.5 Å². The molecule has 0 aliphatic rings. The summed E-state index contributed by atoms with van der Waals surface area (Å²) >= 11 is 3.39. The number of methoxy groups -OCH3 is 1. The van der Waals surface area contributed by atoms with E-state index >= 15 is 0 Å². The smallest absolute Gasteiger partial charge is 0.195 e. The molecular formula is C16H16BrNO3. The zero-order valence-corrected chi connectivity index (χ0v) is 13.5. The first kappa shape index (κ1) is 15.5. The third-order valence-electron chi connectivity index (χ3n) is 2.87. The summed E-state index contributed by atoms with van der Waals surface area (Å²) in [7, 11) is 1.57. The maximum absolute atomic E-state index is 12.6. The van der Waals surface area contributed by atoms with Crippen LogP contribution in [0.5, 0.6) is 11.5 Å². The van der Waals surface area contributed by atoms with Gasteiger partial charge in [-0.2, -0.15) is 0 Å². The van der Waals surface area contributed by atoms with Crippen LogP contribution in [0.1, 0.15) is 29.3 Å². The zero-order valence-electron chi connectivity index (χ0n) is 11.9. The van der Waals surface area contributed by atoms with Gasteiger partial charge in [0.1, 0.15) is 11.5 Å². The highest BCUT2D eigenvalue weighted by molar-refractivity contribution is 9.10. The van der Waals surface area contributed by atoms with E-state index in [2.05, 4.69) is 20.9 Å². The SMILES string of the molecule is CCCOc1cncc(C(=O)c2cc(OC)ccc2Br)c1. The summed E-state index contributed by atoms with van der Waals surface area (Å²) in [6, 6.07) is 6.99. The van der Waals surface area contributed by atoms with Crippen molar-refractivity contribution in [3.05, 3.63) is 52.3 Å². The highest BCUT2D eigenvalue weighted by Crippen LogP contribution is 2.25. The van der Waals surface area contributed by atoms with Gasteiger partial charge in [-0.3, -0.25) is 9.78 Å². The van der Waals surface area contributed by atoms with Crippen LogP contribution in [0.3, 0.4) is 0 Å². The quantitative estimate of drug-likeness (QED) is 0.742. The van der Waals surface area contributed by atoms with E-state index in [1.165, 1.54) is 6.20 Å². The molecule has 2 aromatic rings. The average Bonchev–Trinajstić information content (AvgIpc) is 2.53. The molecule has 0 aliphatic carbocycles. The largest absolute Gasteiger partial charge is 0.497 e. The fourth-order valence-corrected chi connectivity index (χ4v) is 2.23. The third kappa shape index (κ3) is 3.82. The lowest BCUT2D eigenvalue weighted by Gasteiger charge is -2.08. The minimum atomic E-state index is -0.129. The number of ether oxygens (including phenoxy) is 2. The second kappa shape index (κ2) is 7.22. The number of ketones is 1. The number of hydrogen-bond donors (Lipinski definition) is 0. The van der Waals surface area contributed by atoms with Crippen molar-refractivity contribution in [3.63, 3.8) is 0 Å². The second-order valence-electron chi connectivity index (χ2n) is 4.43. The molecule has 21 heavy (non-hydrogen) atoms. The number of carbonyl (C=O) groups is 1. The molecule has 0 saturated carbocycles. The minimum absolute atomic E-state index is 0.129. The Morgan fingerprint density at radius 2 is 2.05 bits per heavy atom. The summed E-state index contributed by atoms with van der Waals surface area (Å²) in [5, 5.41) is 0. The van der Waals surface area contributed by atoms with Crippen LogP contribution < -0.4 is 9.47 Å². The number of rotatable bonds is 6. The lowest BCUT2D eigenvalue weighted by molar-refractivity contribution is 0.103. The predicted molar refractivity (Wildman–Crippen MR) is 84.1 cm³/mol. The first-order valence-electron chi connectivity index (χ1n) is 6.61. The van der Waals surface area contributed by atoms with Gasteiger partial charge in [0.15, 0.2) is 5.78 Å². The number of aromatic nitrogens is 1. The van der Waals surface area contributed by atoms with Crippen LogP contribution in [0.15, 0.2) is 41.1 Å².